The highest BCUT2D eigenvalue weighted by Gasteiger charge is 2.03. The fourth-order valence-corrected chi connectivity index (χ4v) is 0.971. The molecule has 0 aliphatic heterocycles. The Labute approximate surface area is 68.8 Å². The van der Waals surface area contributed by atoms with Crippen LogP contribution in [0.15, 0.2) is 30.3 Å². The molecule has 2 N–H and O–H groups in total. The Bertz CT molecular complexity index is 366. The van der Waals surface area contributed by atoms with Crippen LogP contribution in [0.25, 0.3) is 11.4 Å². The molecule has 0 aliphatic rings. The molecule has 0 fully saturated rings. The third kappa shape index (κ3) is 1.01. The summed E-state index contributed by atoms with van der Waals surface area (Å²) in [5.74, 6) is 6.02. The van der Waals surface area contributed by atoms with Crippen LogP contribution in [0.2, 0.25) is 0 Å². The van der Waals surface area contributed by atoms with Crippen molar-refractivity contribution < 1.29 is 0 Å². The van der Waals surface area contributed by atoms with Crippen LogP contribution >= 0.6 is 0 Å². The summed E-state index contributed by atoms with van der Waals surface area (Å²) in [6.45, 7) is 0. The maximum Gasteiger partial charge on any atom is 0.204 e. The molecule has 0 radical (unpaired) electrons. The van der Waals surface area contributed by atoms with Crippen molar-refractivity contribution in [1.29, 1.82) is 0 Å². The minimum absolute atomic E-state index is 0.565. The molecule has 5 nitrogen and oxygen atoms in total. The molecule has 12 heavy (non-hydrogen) atoms. The van der Waals surface area contributed by atoms with E-state index in [2.05, 4.69) is 15.5 Å². The van der Waals surface area contributed by atoms with Gasteiger partial charge in [-0.2, -0.15) is 0 Å². The van der Waals surface area contributed by atoms with E-state index in [1.165, 1.54) is 0 Å². The van der Waals surface area contributed by atoms with Crippen LogP contribution in [-0.2, 0) is 0 Å². The van der Waals surface area contributed by atoms with Crippen molar-refractivity contribution in [2.45, 2.75) is 0 Å². The largest absolute Gasteiger partial charge is 0.320 e. The van der Waals surface area contributed by atoms with Gasteiger partial charge in [0.05, 0.1) is 0 Å². The van der Waals surface area contributed by atoms with Gasteiger partial charge in [0, 0.05) is 5.56 Å². The van der Waals surface area contributed by atoms with Gasteiger partial charge in [0.25, 0.3) is 0 Å². The zero-order chi connectivity index (χ0) is 8.39. The molecular formula is C7H7N5. The van der Waals surface area contributed by atoms with E-state index >= 15 is 0 Å². The predicted octanol–water partition coefficient (Wildman–Crippen LogP) is 0.0539. The lowest BCUT2D eigenvalue weighted by molar-refractivity contribution is 0.759. The van der Waals surface area contributed by atoms with Crippen molar-refractivity contribution in [2.75, 3.05) is 5.84 Å². The minimum Gasteiger partial charge on any atom is -0.320 e. The highest BCUT2D eigenvalue weighted by atomic mass is 15.6. The molecule has 0 bridgehead atoms. The van der Waals surface area contributed by atoms with Gasteiger partial charge in [-0.15, -0.1) is 9.89 Å². The van der Waals surface area contributed by atoms with Crippen LogP contribution in [0.1, 0.15) is 0 Å². The summed E-state index contributed by atoms with van der Waals surface area (Å²) >= 11 is 0. The fraction of sp³-hybridized carbons (Fsp3) is 0. The first-order valence-electron chi connectivity index (χ1n) is 3.47. The first-order chi connectivity index (χ1) is 5.88. The highest BCUT2D eigenvalue weighted by Crippen LogP contribution is 2.11. The van der Waals surface area contributed by atoms with E-state index in [4.69, 9.17) is 5.84 Å². The second kappa shape index (κ2) is 2.61. The SMILES string of the molecule is Nn1nnnc1-c1ccccc1. The molecule has 1 heterocycles. The van der Waals surface area contributed by atoms with Gasteiger partial charge in [-0.1, -0.05) is 30.3 Å². The molecular weight excluding hydrogens is 154 g/mol. The third-order valence-corrected chi connectivity index (χ3v) is 1.52. The van der Waals surface area contributed by atoms with E-state index in [-0.39, 0.29) is 0 Å². The zero-order valence-corrected chi connectivity index (χ0v) is 6.25. The Morgan fingerprint density at radius 3 is 2.50 bits per heavy atom. The maximum absolute atomic E-state index is 5.45. The Kier molecular flexibility index (Phi) is 1.48. The van der Waals surface area contributed by atoms with Crippen molar-refractivity contribution in [1.82, 2.24) is 20.3 Å². The molecule has 0 atom stereocenters. The number of nitrogen functional groups attached to an aromatic ring is 1. The first kappa shape index (κ1) is 6.78. The number of hydrogen-bond acceptors (Lipinski definition) is 4. The second-order valence-corrected chi connectivity index (χ2v) is 2.31. The van der Waals surface area contributed by atoms with Gasteiger partial charge in [0.2, 0.25) is 5.82 Å². The zero-order valence-electron chi connectivity index (χ0n) is 6.25. The molecule has 2 rings (SSSR count). The Balaban J connectivity index is 2.51. The molecule has 5 heteroatoms. The number of rotatable bonds is 1. The van der Waals surface area contributed by atoms with Crippen molar-refractivity contribution in [3.8, 4) is 11.4 Å². The fourth-order valence-electron chi connectivity index (χ4n) is 0.971. The number of tetrazole rings is 1. The number of nitrogens with zero attached hydrogens (tertiary/aromatic N) is 4. The van der Waals surface area contributed by atoms with Crippen LogP contribution in [0.5, 0.6) is 0 Å². The summed E-state index contributed by atoms with van der Waals surface area (Å²) in [4.78, 5) is 1.15. The highest BCUT2D eigenvalue weighted by molar-refractivity contribution is 5.53. The topological polar surface area (TPSA) is 69.6 Å². The lowest BCUT2D eigenvalue weighted by atomic mass is 10.2. The third-order valence-electron chi connectivity index (χ3n) is 1.52. The molecule has 0 spiro atoms. The monoisotopic (exact) mass is 161 g/mol. The molecule has 0 amide bonds. The lowest BCUT2D eigenvalue weighted by Gasteiger charge is -1.95. The average Bonchev–Trinajstić information content (AvgIpc) is 2.53. The van der Waals surface area contributed by atoms with E-state index in [0.717, 1.165) is 10.4 Å². The molecule has 0 saturated carbocycles. The smallest absolute Gasteiger partial charge is 0.204 e. The molecule has 1 aromatic heterocycles. The Hall–Kier alpha value is -1.91. The van der Waals surface area contributed by atoms with E-state index < -0.39 is 0 Å². The quantitative estimate of drug-likeness (QED) is 0.600. The van der Waals surface area contributed by atoms with E-state index in [9.17, 15) is 0 Å². The molecule has 0 unspecified atom stereocenters. The second-order valence-electron chi connectivity index (χ2n) is 2.31. The lowest BCUT2D eigenvalue weighted by Crippen LogP contribution is -2.11. The number of hydrogen-bond donors (Lipinski definition) is 1. The van der Waals surface area contributed by atoms with Crippen LogP contribution < -0.4 is 5.84 Å². The van der Waals surface area contributed by atoms with E-state index in [1.807, 2.05) is 30.3 Å². The first-order valence-corrected chi connectivity index (χ1v) is 3.47. The van der Waals surface area contributed by atoms with Crippen LogP contribution in [0.4, 0.5) is 0 Å². The van der Waals surface area contributed by atoms with Crippen molar-refractivity contribution in [3.05, 3.63) is 30.3 Å². The normalized spacial score (nSPS) is 10.0. The predicted molar refractivity (Wildman–Crippen MR) is 43.4 cm³/mol. The summed E-state index contributed by atoms with van der Waals surface area (Å²) in [6, 6.07) is 9.53. The van der Waals surface area contributed by atoms with Gasteiger partial charge in [0.1, 0.15) is 0 Å². The summed E-state index contributed by atoms with van der Waals surface area (Å²) in [6.07, 6.45) is 0. The molecule has 2 aromatic rings. The summed E-state index contributed by atoms with van der Waals surface area (Å²) in [7, 11) is 0. The van der Waals surface area contributed by atoms with E-state index in [0.29, 0.717) is 5.82 Å². The van der Waals surface area contributed by atoms with Crippen LogP contribution in [0.3, 0.4) is 0 Å². The van der Waals surface area contributed by atoms with Gasteiger partial charge in [-0.3, -0.25) is 0 Å². The van der Waals surface area contributed by atoms with Gasteiger partial charge < -0.3 is 5.84 Å². The Morgan fingerprint density at radius 1 is 1.17 bits per heavy atom. The van der Waals surface area contributed by atoms with Gasteiger partial charge in [0.15, 0.2) is 0 Å². The number of aromatic nitrogens is 4. The van der Waals surface area contributed by atoms with Gasteiger partial charge in [-0.25, -0.2) is 0 Å². The van der Waals surface area contributed by atoms with Crippen LogP contribution in [-0.4, -0.2) is 20.3 Å². The number of nitrogens with two attached hydrogens (primary N) is 1. The average molecular weight is 161 g/mol. The Morgan fingerprint density at radius 2 is 1.92 bits per heavy atom. The van der Waals surface area contributed by atoms with Crippen LogP contribution in [0, 0.1) is 0 Å². The number of benzene rings is 1. The molecule has 0 saturated heterocycles. The van der Waals surface area contributed by atoms with E-state index in [1.54, 1.807) is 0 Å². The van der Waals surface area contributed by atoms with Gasteiger partial charge >= 0.3 is 0 Å². The van der Waals surface area contributed by atoms with Crippen molar-refractivity contribution in [3.63, 3.8) is 0 Å². The standard InChI is InChI=1S/C7H7N5/c8-12-7(9-10-11-12)6-4-2-1-3-5-6/h1-5H,8H2. The molecule has 0 aliphatic carbocycles. The minimum atomic E-state index is 0.565. The maximum atomic E-state index is 5.45. The molecule has 60 valence electrons. The van der Waals surface area contributed by atoms with Crippen molar-refractivity contribution >= 4 is 0 Å². The summed E-state index contributed by atoms with van der Waals surface area (Å²) < 4.78 is 0. The summed E-state index contributed by atoms with van der Waals surface area (Å²) in [5.41, 5.74) is 0.907. The summed E-state index contributed by atoms with van der Waals surface area (Å²) in [5, 5.41) is 10.7. The van der Waals surface area contributed by atoms with Crippen molar-refractivity contribution in [2.24, 2.45) is 0 Å². The van der Waals surface area contributed by atoms with Gasteiger partial charge in [-0.05, 0) is 10.4 Å². The molecule has 1 aromatic carbocycles.